The molecular weight excluding hydrogens is 336 g/mol. The van der Waals surface area contributed by atoms with Crippen LogP contribution in [0.1, 0.15) is 75.5 Å². The molecule has 0 fully saturated rings. The number of unbranched alkanes of at least 4 members (excludes halogenated alkanes) is 1. The topological polar surface area (TPSA) is 0 Å². The van der Waals surface area contributed by atoms with E-state index in [9.17, 15) is 0 Å². The highest BCUT2D eigenvalue weighted by molar-refractivity contribution is 5.83. The van der Waals surface area contributed by atoms with E-state index in [4.69, 9.17) is 0 Å². The molecule has 0 spiro atoms. The van der Waals surface area contributed by atoms with E-state index >= 15 is 0 Å². The number of hydrogen-bond acceptors (Lipinski definition) is 0. The molecule has 0 heterocycles. The zero-order valence-electron chi connectivity index (χ0n) is 18.5. The number of benzene rings is 2. The molecule has 0 N–H and O–H groups in total. The first-order valence-electron chi connectivity index (χ1n) is 11.0. The number of rotatable bonds is 11. The van der Waals surface area contributed by atoms with E-state index in [1.165, 1.54) is 71.1 Å². The van der Waals surface area contributed by atoms with Crippen molar-refractivity contribution in [2.24, 2.45) is 5.92 Å². The minimum atomic E-state index is 0.676. The zero-order chi connectivity index (χ0) is 20.5. The van der Waals surface area contributed by atoms with Gasteiger partial charge in [0.2, 0.25) is 0 Å². The molecule has 0 aliphatic rings. The smallest absolute Gasteiger partial charge is 0.0104 e. The highest BCUT2D eigenvalue weighted by atomic mass is 14.2. The second-order valence-electron chi connectivity index (χ2n) is 8.29. The molecule has 28 heavy (non-hydrogen) atoms. The quantitative estimate of drug-likeness (QED) is 0.344. The summed E-state index contributed by atoms with van der Waals surface area (Å²) < 4.78 is 0. The second-order valence-corrected chi connectivity index (χ2v) is 8.29. The van der Waals surface area contributed by atoms with Crippen LogP contribution >= 0.6 is 0 Å². The van der Waals surface area contributed by atoms with Crippen molar-refractivity contribution in [3.63, 3.8) is 0 Å². The van der Waals surface area contributed by atoms with Crippen molar-refractivity contribution in [2.75, 3.05) is 0 Å². The lowest BCUT2D eigenvalue weighted by Crippen LogP contribution is -2.03. The van der Waals surface area contributed by atoms with Crippen molar-refractivity contribution in [1.82, 2.24) is 0 Å². The maximum atomic E-state index is 4.54. The summed E-state index contributed by atoms with van der Waals surface area (Å²) in [7, 11) is 0. The lowest BCUT2D eigenvalue weighted by atomic mass is 9.84. The summed E-state index contributed by atoms with van der Waals surface area (Å²) in [5.41, 5.74) is 9.34. The van der Waals surface area contributed by atoms with Crippen LogP contribution in [0.5, 0.6) is 0 Å². The molecule has 0 saturated carbocycles. The van der Waals surface area contributed by atoms with Gasteiger partial charge in [-0.1, -0.05) is 87.9 Å². The van der Waals surface area contributed by atoms with Gasteiger partial charge in [-0.2, -0.15) is 0 Å². The Morgan fingerprint density at radius 1 is 0.857 bits per heavy atom. The van der Waals surface area contributed by atoms with Crippen LogP contribution in [-0.2, 0) is 0 Å². The summed E-state index contributed by atoms with van der Waals surface area (Å²) in [6.07, 6.45) is 8.36. The van der Waals surface area contributed by atoms with Crippen LogP contribution in [0.2, 0.25) is 0 Å². The fourth-order valence-electron chi connectivity index (χ4n) is 4.10. The summed E-state index contributed by atoms with van der Waals surface area (Å²) in [6, 6.07) is 15.3. The molecule has 0 heteroatoms. The molecule has 0 aromatic heterocycles. The minimum absolute atomic E-state index is 0.676. The van der Waals surface area contributed by atoms with E-state index in [2.05, 4.69) is 83.3 Å². The summed E-state index contributed by atoms with van der Waals surface area (Å²) in [4.78, 5) is 0. The first kappa shape index (κ1) is 22.2. The Morgan fingerprint density at radius 2 is 1.54 bits per heavy atom. The number of hydrogen-bond donors (Lipinski definition) is 0. The Bertz CT molecular complexity index is 793. The van der Waals surface area contributed by atoms with Crippen molar-refractivity contribution >= 4 is 5.57 Å². The van der Waals surface area contributed by atoms with Gasteiger partial charge in [0.05, 0.1) is 0 Å². The SMILES string of the molecule is C=C(CCCC)CCC(CC)CC(=C)c1c(C)cccc1-c1ccccc1C. The third-order valence-electron chi connectivity index (χ3n) is 5.96. The fraction of sp³-hybridized carbons (Fsp3) is 0.429. The summed E-state index contributed by atoms with van der Waals surface area (Å²) in [6.45, 7) is 17.8. The van der Waals surface area contributed by atoms with Gasteiger partial charge in [-0.25, -0.2) is 0 Å². The van der Waals surface area contributed by atoms with Gasteiger partial charge in [0.15, 0.2) is 0 Å². The maximum Gasteiger partial charge on any atom is -0.0104 e. The lowest BCUT2D eigenvalue weighted by molar-refractivity contribution is 0.477. The van der Waals surface area contributed by atoms with Crippen LogP contribution in [-0.4, -0.2) is 0 Å². The Morgan fingerprint density at radius 3 is 2.21 bits per heavy atom. The molecule has 2 rings (SSSR count). The van der Waals surface area contributed by atoms with Gasteiger partial charge in [-0.3, -0.25) is 0 Å². The molecule has 0 amide bonds. The Kier molecular flexibility index (Phi) is 8.77. The Balaban J connectivity index is 2.17. The molecule has 2 aromatic carbocycles. The van der Waals surface area contributed by atoms with Gasteiger partial charge >= 0.3 is 0 Å². The first-order valence-corrected chi connectivity index (χ1v) is 11.0. The minimum Gasteiger partial charge on any atom is -0.0999 e. The second kappa shape index (κ2) is 11.1. The van der Waals surface area contributed by atoms with Crippen molar-refractivity contribution < 1.29 is 0 Å². The molecule has 1 unspecified atom stereocenters. The van der Waals surface area contributed by atoms with Crippen LogP contribution in [0.15, 0.2) is 61.2 Å². The monoisotopic (exact) mass is 374 g/mol. The molecule has 2 aromatic rings. The van der Waals surface area contributed by atoms with Gasteiger partial charge in [-0.15, -0.1) is 0 Å². The molecule has 0 saturated heterocycles. The summed E-state index contributed by atoms with van der Waals surface area (Å²) in [5.74, 6) is 0.676. The molecule has 1 atom stereocenters. The molecule has 150 valence electrons. The van der Waals surface area contributed by atoms with Crippen molar-refractivity contribution in [3.8, 4) is 11.1 Å². The zero-order valence-corrected chi connectivity index (χ0v) is 18.5. The molecule has 0 radical (unpaired) electrons. The summed E-state index contributed by atoms with van der Waals surface area (Å²) >= 11 is 0. The average molecular weight is 375 g/mol. The fourth-order valence-corrected chi connectivity index (χ4v) is 4.10. The molecule has 0 bridgehead atoms. The molecular formula is C28H38. The van der Waals surface area contributed by atoms with Gasteiger partial charge in [-0.05, 0) is 85.3 Å². The third-order valence-corrected chi connectivity index (χ3v) is 5.96. The Hall–Kier alpha value is -2.08. The maximum absolute atomic E-state index is 4.54. The Labute approximate surface area is 173 Å². The van der Waals surface area contributed by atoms with Gasteiger partial charge < -0.3 is 0 Å². The predicted molar refractivity (Wildman–Crippen MR) is 127 cm³/mol. The van der Waals surface area contributed by atoms with Crippen LogP contribution in [0.4, 0.5) is 0 Å². The molecule has 0 aliphatic carbocycles. The predicted octanol–water partition coefficient (Wildman–Crippen LogP) is 8.93. The van der Waals surface area contributed by atoms with Gasteiger partial charge in [0.25, 0.3) is 0 Å². The first-order chi connectivity index (χ1) is 13.5. The number of allylic oxidation sites excluding steroid dienone is 2. The lowest BCUT2D eigenvalue weighted by Gasteiger charge is -2.21. The van der Waals surface area contributed by atoms with Gasteiger partial charge in [0, 0.05) is 0 Å². The largest absolute Gasteiger partial charge is 0.0999 e. The van der Waals surface area contributed by atoms with E-state index in [0.29, 0.717) is 5.92 Å². The number of aryl methyl sites for hydroxylation is 2. The average Bonchev–Trinajstić information content (AvgIpc) is 2.69. The van der Waals surface area contributed by atoms with E-state index in [1.807, 2.05) is 0 Å². The van der Waals surface area contributed by atoms with Crippen molar-refractivity contribution in [2.45, 2.75) is 72.6 Å². The standard InChI is InChI=1S/C28H38/c1-7-9-13-21(3)18-19-25(8-2)20-24(6)28-23(5)15-12-17-27(28)26-16-11-10-14-22(26)4/h10-12,14-17,25H,3,6-9,13,18-20H2,1-2,4-5H3. The third kappa shape index (κ3) is 5.96. The van der Waals surface area contributed by atoms with Crippen molar-refractivity contribution in [3.05, 3.63) is 77.9 Å². The van der Waals surface area contributed by atoms with E-state index < -0.39 is 0 Å². The normalized spacial score (nSPS) is 12.0. The summed E-state index contributed by atoms with van der Waals surface area (Å²) in [5, 5.41) is 0. The van der Waals surface area contributed by atoms with Crippen LogP contribution in [0, 0.1) is 19.8 Å². The van der Waals surface area contributed by atoms with E-state index in [1.54, 1.807) is 0 Å². The molecule has 0 aliphatic heterocycles. The van der Waals surface area contributed by atoms with Crippen LogP contribution < -0.4 is 0 Å². The van der Waals surface area contributed by atoms with Crippen LogP contribution in [0.25, 0.3) is 16.7 Å². The van der Waals surface area contributed by atoms with E-state index in [0.717, 1.165) is 12.8 Å². The highest BCUT2D eigenvalue weighted by Crippen LogP contribution is 2.36. The van der Waals surface area contributed by atoms with Crippen LogP contribution in [0.3, 0.4) is 0 Å². The van der Waals surface area contributed by atoms with Crippen molar-refractivity contribution in [1.29, 1.82) is 0 Å². The van der Waals surface area contributed by atoms with E-state index in [-0.39, 0.29) is 0 Å². The highest BCUT2D eigenvalue weighted by Gasteiger charge is 2.16. The van der Waals surface area contributed by atoms with Gasteiger partial charge in [0.1, 0.15) is 0 Å². The molecule has 0 nitrogen and oxygen atoms in total.